The van der Waals surface area contributed by atoms with Gasteiger partial charge in [-0.1, -0.05) is 76.2 Å². The van der Waals surface area contributed by atoms with Gasteiger partial charge < -0.3 is 20.1 Å². The van der Waals surface area contributed by atoms with E-state index in [-0.39, 0.29) is 36.8 Å². The second kappa shape index (κ2) is 13.3. The van der Waals surface area contributed by atoms with Crippen LogP contribution in [-0.2, 0) is 19.1 Å². The van der Waals surface area contributed by atoms with Gasteiger partial charge in [-0.25, -0.2) is 9.59 Å². The highest BCUT2D eigenvalue weighted by atomic mass is 35.5. The van der Waals surface area contributed by atoms with Crippen LogP contribution >= 0.6 is 12.4 Å². The molecule has 0 fully saturated rings. The van der Waals surface area contributed by atoms with Crippen LogP contribution in [0.2, 0.25) is 0 Å². The Morgan fingerprint density at radius 2 is 1.31 bits per heavy atom. The average Bonchev–Trinajstić information content (AvgIpc) is 3.14. The molecule has 8 heteroatoms. The van der Waals surface area contributed by atoms with Crippen molar-refractivity contribution < 1.29 is 23.9 Å². The number of hydrogen-bond acceptors (Lipinski definition) is 5. The molecule has 0 unspecified atom stereocenters. The SMILES string of the molecule is COC(=O)[C@H](CC(C)C)NC(=O)[C@@H](CC(C)C)NC(=O)OCC1c2ccccc2-c2ccccc21.Cl. The number of esters is 1. The molecule has 2 aromatic rings. The standard InChI is InChI=1S/C28H36N2O5.ClH/c1-17(2)14-24(26(31)29-25(15-18(3)4)27(32)34-5)30-28(33)35-16-23-21-12-8-6-10-19(21)20-11-7-9-13-22(20)23;/h6-13,17-18,23-25H,14-16H2,1-5H3,(H,29,31)(H,30,33);1H/t24-,25+;/m1./s1. The number of methoxy groups -OCH3 is 1. The largest absolute Gasteiger partial charge is 0.467 e. The third-order valence-corrected chi connectivity index (χ3v) is 6.17. The number of nitrogens with one attached hydrogen (secondary N) is 2. The summed E-state index contributed by atoms with van der Waals surface area (Å²) < 4.78 is 10.5. The zero-order chi connectivity index (χ0) is 25.5. The van der Waals surface area contributed by atoms with Crippen molar-refractivity contribution in [2.24, 2.45) is 11.8 Å². The summed E-state index contributed by atoms with van der Waals surface area (Å²) >= 11 is 0. The van der Waals surface area contributed by atoms with E-state index in [0.29, 0.717) is 12.8 Å². The van der Waals surface area contributed by atoms with Gasteiger partial charge in [0.1, 0.15) is 18.7 Å². The van der Waals surface area contributed by atoms with Gasteiger partial charge in [0.05, 0.1) is 7.11 Å². The first kappa shape index (κ1) is 29.2. The number of hydrogen-bond donors (Lipinski definition) is 2. The molecule has 2 amide bonds. The molecule has 1 aliphatic rings. The zero-order valence-corrected chi connectivity index (χ0v) is 22.4. The highest BCUT2D eigenvalue weighted by Gasteiger charge is 2.31. The van der Waals surface area contributed by atoms with Gasteiger partial charge >= 0.3 is 12.1 Å². The van der Waals surface area contributed by atoms with Gasteiger partial charge in [-0.3, -0.25) is 4.79 Å². The molecule has 0 saturated carbocycles. The Morgan fingerprint density at radius 1 is 0.806 bits per heavy atom. The number of ether oxygens (including phenoxy) is 2. The molecule has 0 bridgehead atoms. The first-order valence-corrected chi connectivity index (χ1v) is 12.2. The third kappa shape index (κ3) is 7.23. The predicted molar refractivity (Wildman–Crippen MR) is 142 cm³/mol. The third-order valence-electron chi connectivity index (χ3n) is 6.17. The van der Waals surface area contributed by atoms with E-state index in [9.17, 15) is 14.4 Å². The maximum atomic E-state index is 13.0. The van der Waals surface area contributed by atoms with E-state index >= 15 is 0 Å². The number of benzene rings is 2. The van der Waals surface area contributed by atoms with Crippen molar-refractivity contribution in [2.45, 2.75) is 58.5 Å². The van der Waals surface area contributed by atoms with Crippen molar-refractivity contribution in [3.05, 3.63) is 59.7 Å². The molecule has 0 aromatic heterocycles. The topological polar surface area (TPSA) is 93.7 Å². The number of alkyl carbamates (subject to hydrolysis) is 1. The normalized spacial score (nSPS) is 13.8. The Morgan fingerprint density at radius 3 is 1.81 bits per heavy atom. The minimum absolute atomic E-state index is 0. The number of carbonyl (C=O) groups excluding carboxylic acids is 3. The summed E-state index contributed by atoms with van der Waals surface area (Å²) in [6.45, 7) is 8.01. The van der Waals surface area contributed by atoms with Crippen LogP contribution in [0, 0.1) is 11.8 Å². The summed E-state index contributed by atoms with van der Waals surface area (Å²) in [4.78, 5) is 37.9. The van der Waals surface area contributed by atoms with Gasteiger partial charge in [0.15, 0.2) is 0 Å². The number of carbonyl (C=O) groups is 3. The zero-order valence-electron chi connectivity index (χ0n) is 21.6. The van der Waals surface area contributed by atoms with Gasteiger partial charge in [0, 0.05) is 5.92 Å². The number of halogens is 1. The maximum absolute atomic E-state index is 13.0. The molecular formula is C28H37ClN2O5. The molecule has 0 saturated heterocycles. The lowest BCUT2D eigenvalue weighted by Gasteiger charge is -2.24. The van der Waals surface area contributed by atoms with Crippen LogP contribution in [0.15, 0.2) is 48.5 Å². The molecule has 7 nitrogen and oxygen atoms in total. The minimum atomic E-state index is -0.829. The summed E-state index contributed by atoms with van der Waals surface area (Å²) in [5.74, 6) is -0.681. The Bertz CT molecular complexity index is 1010. The first-order valence-electron chi connectivity index (χ1n) is 12.2. The Labute approximate surface area is 219 Å². The molecule has 0 radical (unpaired) electrons. The van der Waals surface area contributed by atoms with Crippen molar-refractivity contribution in [3.8, 4) is 11.1 Å². The second-order valence-corrected chi connectivity index (χ2v) is 9.87. The molecule has 196 valence electrons. The van der Waals surface area contributed by atoms with Gasteiger partial charge in [0.25, 0.3) is 0 Å². The molecule has 36 heavy (non-hydrogen) atoms. The summed E-state index contributed by atoms with van der Waals surface area (Å²) in [5, 5.41) is 5.46. The number of amides is 2. The van der Waals surface area contributed by atoms with E-state index in [1.165, 1.54) is 7.11 Å². The Balaban J connectivity index is 0.00000456. The number of fused-ring (bicyclic) bond motifs is 3. The van der Waals surface area contributed by atoms with Crippen LogP contribution in [0.5, 0.6) is 0 Å². The fourth-order valence-electron chi connectivity index (χ4n) is 4.59. The van der Waals surface area contributed by atoms with E-state index in [4.69, 9.17) is 9.47 Å². The van der Waals surface area contributed by atoms with Crippen molar-refractivity contribution in [3.63, 3.8) is 0 Å². The summed E-state index contributed by atoms with van der Waals surface area (Å²) in [7, 11) is 1.29. The molecular weight excluding hydrogens is 480 g/mol. The lowest BCUT2D eigenvalue weighted by atomic mass is 9.98. The fraction of sp³-hybridized carbons (Fsp3) is 0.464. The van der Waals surface area contributed by atoms with Gasteiger partial charge in [-0.15, -0.1) is 12.4 Å². The second-order valence-electron chi connectivity index (χ2n) is 9.87. The van der Waals surface area contributed by atoms with Crippen molar-refractivity contribution in [1.29, 1.82) is 0 Å². The van der Waals surface area contributed by atoms with Crippen LogP contribution < -0.4 is 10.6 Å². The summed E-state index contributed by atoms with van der Waals surface area (Å²) in [5.41, 5.74) is 4.53. The highest BCUT2D eigenvalue weighted by molar-refractivity contribution is 5.89. The lowest BCUT2D eigenvalue weighted by Crippen LogP contribution is -2.52. The summed E-state index contributed by atoms with van der Waals surface area (Å²) in [6, 6.07) is 14.6. The Kier molecular flexibility index (Phi) is 10.8. The predicted octanol–water partition coefficient (Wildman–Crippen LogP) is 5.07. The smallest absolute Gasteiger partial charge is 0.407 e. The van der Waals surface area contributed by atoms with Crippen LogP contribution in [0.4, 0.5) is 4.79 Å². The number of rotatable bonds is 10. The van der Waals surface area contributed by atoms with E-state index < -0.39 is 30.1 Å². The monoisotopic (exact) mass is 516 g/mol. The van der Waals surface area contributed by atoms with E-state index in [0.717, 1.165) is 22.3 Å². The van der Waals surface area contributed by atoms with Gasteiger partial charge in [-0.2, -0.15) is 0 Å². The summed E-state index contributed by atoms with van der Waals surface area (Å²) in [6.07, 6.45) is 0.190. The van der Waals surface area contributed by atoms with Crippen LogP contribution in [0.25, 0.3) is 11.1 Å². The Hall–Kier alpha value is -3.06. The average molecular weight is 517 g/mol. The van der Waals surface area contributed by atoms with Gasteiger partial charge in [0.2, 0.25) is 5.91 Å². The van der Waals surface area contributed by atoms with E-state index in [2.05, 4.69) is 34.9 Å². The highest BCUT2D eigenvalue weighted by Crippen LogP contribution is 2.44. The molecule has 0 heterocycles. The van der Waals surface area contributed by atoms with Crippen molar-refractivity contribution >= 4 is 30.4 Å². The molecule has 2 aromatic carbocycles. The molecule has 0 aliphatic heterocycles. The molecule has 2 N–H and O–H groups in total. The molecule has 0 spiro atoms. The molecule has 2 atom stereocenters. The first-order chi connectivity index (χ1) is 16.7. The maximum Gasteiger partial charge on any atom is 0.407 e. The van der Waals surface area contributed by atoms with E-state index in [1.54, 1.807) is 0 Å². The van der Waals surface area contributed by atoms with Gasteiger partial charge in [-0.05, 0) is 46.9 Å². The molecule has 3 rings (SSSR count). The van der Waals surface area contributed by atoms with E-state index in [1.807, 2.05) is 52.0 Å². The van der Waals surface area contributed by atoms with Crippen LogP contribution in [0.1, 0.15) is 57.6 Å². The molecule has 1 aliphatic carbocycles. The van der Waals surface area contributed by atoms with Crippen LogP contribution in [0.3, 0.4) is 0 Å². The fourth-order valence-corrected chi connectivity index (χ4v) is 4.59. The quantitative estimate of drug-likeness (QED) is 0.430. The van der Waals surface area contributed by atoms with Crippen molar-refractivity contribution in [2.75, 3.05) is 13.7 Å². The lowest BCUT2D eigenvalue weighted by molar-refractivity contribution is -0.145. The van der Waals surface area contributed by atoms with Crippen molar-refractivity contribution in [1.82, 2.24) is 10.6 Å². The minimum Gasteiger partial charge on any atom is -0.467 e. The van der Waals surface area contributed by atoms with Crippen LogP contribution in [-0.4, -0.2) is 43.8 Å².